The summed E-state index contributed by atoms with van der Waals surface area (Å²) in [6.45, 7) is 4.07. The third-order valence-electron chi connectivity index (χ3n) is 5.83. The number of imidazole rings is 1. The van der Waals surface area contributed by atoms with Crippen molar-refractivity contribution in [3.8, 4) is 0 Å². The predicted molar refractivity (Wildman–Crippen MR) is 129 cm³/mol. The van der Waals surface area contributed by atoms with E-state index in [-0.39, 0.29) is 5.91 Å². The summed E-state index contributed by atoms with van der Waals surface area (Å²) in [5.41, 5.74) is 3.44. The van der Waals surface area contributed by atoms with Gasteiger partial charge in [-0.15, -0.1) is 0 Å². The normalized spacial score (nSPS) is 11.1. The number of unbranched alkanes of at least 4 members (excludes halogenated alkanes) is 6. The lowest BCUT2D eigenvalue weighted by Gasteiger charge is -2.10. The number of rotatable bonds is 14. The molecular formula is C27H37N3O. The van der Waals surface area contributed by atoms with Crippen LogP contribution in [0.4, 0.5) is 0 Å². The molecule has 0 unspecified atom stereocenters. The number of hydrogen-bond acceptors (Lipinski definition) is 2. The smallest absolute Gasteiger partial charge is 0.224 e. The van der Waals surface area contributed by atoms with E-state index in [0.29, 0.717) is 6.42 Å². The van der Waals surface area contributed by atoms with Gasteiger partial charge < -0.3 is 9.88 Å². The van der Waals surface area contributed by atoms with Crippen molar-refractivity contribution in [2.75, 3.05) is 6.54 Å². The van der Waals surface area contributed by atoms with Crippen LogP contribution in [0.5, 0.6) is 0 Å². The molecule has 0 spiro atoms. The molecule has 0 aliphatic carbocycles. The van der Waals surface area contributed by atoms with E-state index in [1.165, 1.54) is 43.4 Å². The lowest BCUT2D eigenvalue weighted by molar-refractivity contribution is -0.120. The lowest BCUT2D eigenvalue weighted by atomic mass is 10.1. The molecule has 1 aromatic heterocycles. The molecule has 3 rings (SSSR count). The third kappa shape index (κ3) is 7.54. The summed E-state index contributed by atoms with van der Waals surface area (Å²) in [5, 5.41) is 3.05. The van der Waals surface area contributed by atoms with E-state index >= 15 is 0 Å². The van der Waals surface area contributed by atoms with Crippen molar-refractivity contribution in [2.24, 2.45) is 0 Å². The Morgan fingerprint density at radius 1 is 0.871 bits per heavy atom. The Morgan fingerprint density at radius 3 is 2.45 bits per heavy atom. The highest BCUT2D eigenvalue weighted by Gasteiger charge is 2.10. The van der Waals surface area contributed by atoms with E-state index in [1.807, 2.05) is 30.3 Å². The number of amides is 1. The maximum Gasteiger partial charge on any atom is 0.224 e. The Bertz CT molecular complexity index is 917. The fourth-order valence-corrected chi connectivity index (χ4v) is 4.10. The number of nitrogens with zero attached hydrogens (tertiary/aromatic N) is 2. The summed E-state index contributed by atoms with van der Waals surface area (Å²) in [6.07, 6.45) is 11.1. The first kappa shape index (κ1) is 23.1. The predicted octanol–water partition coefficient (Wildman–Crippen LogP) is 6.08. The Labute approximate surface area is 187 Å². The summed E-state index contributed by atoms with van der Waals surface area (Å²) in [7, 11) is 0. The van der Waals surface area contributed by atoms with Crippen molar-refractivity contribution in [2.45, 2.75) is 77.7 Å². The Morgan fingerprint density at radius 2 is 1.61 bits per heavy atom. The van der Waals surface area contributed by atoms with Crippen LogP contribution in [0.2, 0.25) is 0 Å². The zero-order valence-corrected chi connectivity index (χ0v) is 19.0. The zero-order chi connectivity index (χ0) is 21.7. The molecule has 1 N–H and O–H groups in total. The van der Waals surface area contributed by atoms with Gasteiger partial charge in [0.15, 0.2) is 0 Å². The van der Waals surface area contributed by atoms with Crippen molar-refractivity contribution in [3.05, 3.63) is 66.0 Å². The van der Waals surface area contributed by atoms with E-state index in [1.54, 1.807) is 0 Å². The van der Waals surface area contributed by atoms with E-state index in [0.717, 1.165) is 49.9 Å². The quantitative estimate of drug-likeness (QED) is 0.322. The summed E-state index contributed by atoms with van der Waals surface area (Å²) in [4.78, 5) is 17.0. The second-order valence-electron chi connectivity index (χ2n) is 8.41. The van der Waals surface area contributed by atoms with Gasteiger partial charge in [-0.25, -0.2) is 4.98 Å². The summed E-state index contributed by atoms with van der Waals surface area (Å²) >= 11 is 0. The SMILES string of the molecule is CCCCCCCn1c(CCCCCNC(=O)Cc2ccccc2)nc2ccccc21. The first-order valence-electron chi connectivity index (χ1n) is 12.0. The molecule has 166 valence electrons. The van der Waals surface area contributed by atoms with Crippen LogP contribution in [0.25, 0.3) is 11.0 Å². The Balaban J connectivity index is 1.40. The van der Waals surface area contributed by atoms with Crippen molar-refractivity contribution in [1.82, 2.24) is 14.9 Å². The first-order chi connectivity index (χ1) is 15.3. The van der Waals surface area contributed by atoms with Gasteiger partial charge in [-0.3, -0.25) is 4.79 Å². The zero-order valence-electron chi connectivity index (χ0n) is 19.0. The second kappa shape index (κ2) is 12.9. The molecule has 1 heterocycles. The molecule has 0 fully saturated rings. The third-order valence-corrected chi connectivity index (χ3v) is 5.83. The highest BCUT2D eigenvalue weighted by molar-refractivity contribution is 5.78. The van der Waals surface area contributed by atoms with Crippen LogP contribution >= 0.6 is 0 Å². The molecule has 3 aromatic rings. The minimum absolute atomic E-state index is 0.107. The standard InChI is InChI=1S/C27H37N3O/c1-2-3-4-5-14-21-30-25-18-12-11-17-24(25)29-26(30)19-10-7-13-20-28-27(31)22-23-15-8-6-9-16-23/h6,8-9,11-12,15-18H,2-5,7,10,13-14,19-22H2,1H3,(H,28,31). The van der Waals surface area contributed by atoms with Crippen molar-refractivity contribution < 1.29 is 4.79 Å². The van der Waals surface area contributed by atoms with Crippen LogP contribution in [-0.4, -0.2) is 22.0 Å². The minimum atomic E-state index is 0.107. The number of carbonyl (C=O) groups excluding carboxylic acids is 1. The molecule has 31 heavy (non-hydrogen) atoms. The maximum absolute atomic E-state index is 12.1. The van der Waals surface area contributed by atoms with Gasteiger partial charge in [0.2, 0.25) is 5.91 Å². The number of nitrogens with one attached hydrogen (secondary N) is 1. The molecule has 0 aliphatic heterocycles. The molecule has 1 amide bonds. The lowest BCUT2D eigenvalue weighted by Crippen LogP contribution is -2.26. The largest absolute Gasteiger partial charge is 0.356 e. The number of aromatic nitrogens is 2. The van der Waals surface area contributed by atoms with E-state index in [2.05, 4.69) is 41.1 Å². The number of fused-ring (bicyclic) bond motifs is 1. The topological polar surface area (TPSA) is 46.9 Å². The minimum Gasteiger partial charge on any atom is -0.356 e. The van der Waals surface area contributed by atoms with E-state index in [9.17, 15) is 4.79 Å². The fourth-order valence-electron chi connectivity index (χ4n) is 4.10. The van der Waals surface area contributed by atoms with Gasteiger partial charge in [0.25, 0.3) is 0 Å². The maximum atomic E-state index is 12.1. The van der Waals surface area contributed by atoms with E-state index in [4.69, 9.17) is 4.98 Å². The Kier molecular flexibility index (Phi) is 9.62. The first-order valence-corrected chi connectivity index (χ1v) is 12.0. The summed E-state index contributed by atoms with van der Waals surface area (Å²) in [5.74, 6) is 1.32. The van der Waals surface area contributed by atoms with Crippen molar-refractivity contribution >= 4 is 16.9 Å². The molecule has 0 radical (unpaired) electrons. The number of para-hydroxylation sites is 2. The van der Waals surface area contributed by atoms with Gasteiger partial charge in [-0.05, 0) is 37.0 Å². The van der Waals surface area contributed by atoms with Crippen LogP contribution in [0, 0.1) is 0 Å². The summed E-state index contributed by atoms with van der Waals surface area (Å²) in [6, 6.07) is 18.4. The highest BCUT2D eigenvalue weighted by Crippen LogP contribution is 2.19. The molecule has 4 heteroatoms. The van der Waals surface area contributed by atoms with Gasteiger partial charge in [-0.1, -0.05) is 81.5 Å². The molecule has 0 atom stereocenters. The van der Waals surface area contributed by atoms with Crippen LogP contribution in [0.3, 0.4) is 0 Å². The number of carbonyl (C=O) groups is 1. The van der Waals surface area contributed by atoms with Crippen LogP contribution in [0.15, 0.2) is 54.6 Å². The van der Waals surface area contributed by atoms with Crippen LogP contribution < -0.4 is 5.32 Å². The van der Waals surface area contributed by atoms with Gasteiger partial charge in [-0.2, -0.15) is 0 Å². The molecule has 0 aliphatic rings. The van der Waals surface area contributed by atoms with Crippen LogP contribution in [-0.2, 0) is 24.2 Å². The van der Waals surface area contributed by atoms with Gasteiger partial charge in [0.05, 0.1) is 17.5 Å². The average molecular weight is 420 g/mol. The number of aryl methyl sites for hydroxylation is 2. The number of benzene rings is 2. The molecule has 4 nitrogen and oxygen atoms in total. The molecule has 0 bridgehead atoms. The molecule has 0 saturated carbocycles. The highest BCUT2D eigenvalue weighted by atomic mass is 16.1. The van der Waals surface area contributed by atoms with Crippen molar-refractivity contribution in [3.63, 3.8) is 0 Å². The van der Waals surface area contributed by atoms with Gasteiger partial charge in [0.1, 0.15) is 5.82 Å². The summed E-state index contributed by atoms with van der Waals surface area (Å²) < 4.78 is 2.43. The van der Waals surface area contributed by atoms with Gasteiger partial charge in [0, 0.05) is 19.5 Å². The molecule has 0 saturated heterocycles. The van der Waals surface area contributed by atoms with E-state index < -0.39 is 0 Å². The number of hydrogen-bond donors (Lipinski definition) is 1. The average Bonchev–Trinajstić information content (AvgIpc) is 3.14. The molecular weight excluding hydrogens is 382 g/mol. The van der Waals surface area contributed by atoms with Crippen LogP contribution in [0.1, 0.15) is 69.7 Å². The molecule has 2 aromatic carbocycles. The monoisotopic (exact) mass is 419 g/mol. The van der Waals surface area contributed by atoms with Gasteiger partial charge >= 0.3 is 0 Å². The second-order valence-corrected chi connectivity index (χ2v) is 8.41. The van der Waals surface area contributed by atoms with Crippen molar-refractivity contribution in [1.29, 1.82) is 0 Å². The fraction of sp³-hybridized carbons (Fsp3) is 0.481. The Hall–Kier alpha value is -2.62.